The van der Waals surface area contributed by atoms with Gasteiger partial charge in [0.15, 0.2) is 0 Å². The van der Waals surface area contributed by atoms with E-state index in [0.29, 0.717) is 19.4 Å². The predicted octanol–water partition coefficient (Wildman–Crippen LogP) is 1.75. The molecule has 1 heterocycles. The number of para-hydroxylation sites is 1. The monoisotopic (exact) mass is 817 g/mol. The zero-order chi connectivity index (χ0) is 43.2. The van der Waals surface area contributed by atoms with E-state index in [-0.39, 0.29) is 25.7 Å². The number of aromatic nitrogens is 1. The summed E-state index contributed by atoms with van der Waals surface area (Å²) in [5, 5.41) is 16.5. The number of benzene rings is 4. The van der Waals surface area contributed by atoms with Crippen molar-refractivity contribution in [3.05, 3.63) is 120 Å². The quantitative estimate of drug-likeness (QED) is 0.0492. The minimum Gasteiger partial charge on any atom is -0.368 e. The van der Waals surface area contributed by atoms with Crippen molar-refractivity contribution in [3.63, 3.8) is 0 Å². The molecule has 316 valence electrons. The number of primary amides is 1. The van der Waals surface area contributed by atoms with Crippen molar-refractivity contribution in [1.82, 2.24) is 31.6 Å². The van der Waals surface area contributed by atoms with E-state index in [2.05, 4.69) is 31.6 Å². The van der Waals surface area contributed by atoms with Gasteiger partial charge in [-0.25, -0.2) is 0 Å². The molecule has 0 aliphatic rings. The highest BCUT2D eigenvalue weighted by atomic mass is 16.2. The Hall–Kier alpha value is -6.58. The molecule has 0 radical (unpaired) electrons. The molecule has 15 nitrogen and oxygen atoms in total. The molecule has 0 aliphatic heterocycles. The first-order valence-electron chi connectivity index (χ1n) is 20.2. The number of hydrogen-bond acceptors (Lipinski definition) is 8. The van der Waals surface area contributed by atoms with Crippen LogP contribution in [0.5, 0.6) is 0 Å². The summed E-state index contributed by atoms with van der Waals surface area (Å²) >= 11 is 0. The lowest BCUT2D eigenvalue weighted by molar-refractivity contribution is -0.134. The summed E-state index contributed by atoms with van der Waals surface area (Å²) in [6.07, 6.45) is 3.39. The van der Waals surface area contributed by atoms with Crippen molar-refractivity contribution in [2.24, 2.45) is 17.2 Å². The van der Waals surface area contributed by atoms with Crippen LogP contribution < -0.4 is 43.8 Å². The third kappa shape index (κ3) is 12.5. The average Bonchev–Trinajstić information content (AvgIpc) is 3.65. The molecule has 4 aromatic carbocycles. The molecular weight excluding hydrogens is 763 g/mol. The Bertz CT molecular complexity index is 2280. The molecule has 0 saturated heterocycles. The first-order chi connectivity index (χ1) is 28.8. The van der Waals surface area contributed by atoms with E-state index in [0.717, 1.165) is 38.4 Å². The van der Waals surface area contributed by atoms with Gasteiger partial charge >= 0.3 is 0 Å². The van der Waals surface area contributed by atoms with Gasteiger partial charge in [0.05, 0.1) is 6.04 Å². The molecule has 12 N–H and O–H groups in total. The van der Waals surface area contributed by atoms with Gasteiger partial charge in [0.2, 0.25) is 35.4 Å². The zero-order valence-corrected chi connectivity index (χ0v) is 33.9. The summed E-state index contributed by atoms with van der Waals surface area (Å²) in [6, 6.07) is 23.4. The smallest absolute Gasteiger partial charge is 0.243 e. The zero-order valence-electron chi connectivity index (χ0n) is 33.9. The third-order valence-electron chi connectivity index (χ3n) is 10.3. The largest absolute Gasteiger partial charge is 0.368 e. The average molecular weight is 818 g/mol. The molecule has 1 aromatic heterocycles. The van der Waals surface area contributed by atoms with Gasteiger partial charge in [-0.3, -0.25) is 28.8 Å². The van der Waals surface area contributed by atoms with Crippen LogP contribution in [-0.2, 0) is 48.0 Å². The van der Waals surface area contributed by atoms with Crippen LogP contribution in [0.3, 0.4) is 0 Å². The normalized spacial score (nSPS) is 14.2. The van der Waals surface area contributed by atoms with E-state index in [1.165, 1.54) is 13.8 Å². The molecule has 6 atom stereocenters. The molecule has 0 bridgehead atoms. The van der Waals surface area contributed by atoms with Crippen molar-refractivity contribution < 1.29 is 28.8 Å². The summed E-state index contributed by atoms with van der Waals surface area (Å²) < 4.78 is 0. The van der Waals surface area contributed by atoms with E-state index in [9.17, 15) is 28.8 Å². The summed E-state index contributed by atoms with van der Waals surface area (Å²) in [5.74, 6) is -3.90. The van der Waals surface area contributed by atoms with Gasteiger partial charge in [-0.15, -0.1) is 0 Å². The number of aromatic amines is 1. The number of nitrogens with two attached hydrogens (primary N) is 3. The van der Waals surface area contributed by atoms with E-state index in [1.54, 1.807) is 30.5 Å². The highest BCUT2D eigenvalue weighted by molar-refractivity contribution is 5.97. The van der Waals surface area contributed by atoms with E-state index >= 15 is 0 Å². The Morgan fingerprint density at radius 3 is 1.83 bits per heavy atom. The lowest BCUT2D eigenvalue weighted by Crippen LogP contribution is -2.59. The molecule has 60 heavy (non-hydrogen) atoms. The lowest BCUT2D eigenvalue weighted by Gasteiger charge is -2.26. The fourth-order valence-electron chi connectivity index (χ4n) is 6.90. The molecule has 0 saturated carbocycles. The number of rotatable bonds is 21. The van der Waals surface area contributed by atoms with Gasteiger partial charge in [0.25, 0.3) is 0 Å². The van der Waals surface area contributed by atoms with Gasteiger partial charge in [0.1, 0.15) is 30.2 Å². The van der Waals surface area contributed by atoms with Crippen LogP contribution in [0.2, 0.25) is 0 Å². The van der Waals surface area contributed by atoms with E-state index in [4.69, 9.17) is 17.2 Å². The third-order valence-corrected chi connectivity index (χ3v) is 10.3. The second-order valence-electron chi connectivity index (χ2n) is 15.1. The number of carbonyl (C=O) groups is 6. The number of carbonyl (C=O) groups excluding carboxylic acids is 6. The number of unbranched alkanes of at least 4 members (excludes halogenated alkanes) is 1. The number of nitrogens with one attached hydrogen (secondary N) is 6. The number of hydrogen-bond donors (Lipinski definition) is 9. The highest BCUT2D eigenvalue weighted by Gasteiger charge is 2.32. The first-order valence-corrected chi connectivity index (χ1v) is 20.2. The maximum Gasteiger partial charge on any atom is 0.243 e. The SMILES string of the molecule is C[C@@H](N)C(=O)NC(Cc1ccc2ccccc2c1)C(=O)N[C@H](C)C(=O)N[C@@H](Cc1c[nH]c2ccccc12)C(=O)N[C@H](Cc1ccccc1)C(=O)N[C@@H](CCCCN)C(N)=O. The van der Waals surface area contributed by atoms with E-state index < -0.39 is 71.7 Å². The number of fused-ring (bicyclic) bond motifs is 2. The van der Waals surface area contributed by atoms with Gasteiger partial charge < -0.3 is 48.8 Å². The van der Waals surface area contributed by atoms with Crippen LogP contribution in [-0.4, -0.2) is 83.2 Å². The Labute approximate surface area is 349 Å². The van der Waals surface area contributed by atoms with Crippen molar-refractivity contribution in [1.29, 1.82) is 0 Å². The predicted molar refractivity (Wildman–Crippen MR) is 231 cm³/mol. The van der Waals surface area contributed by atoms with Crippen molar-refractivity contribution in [3.8, 4) is 0 Å². The van der Waals surface area contributed by atoms with Crippen LogP contribution in [0.25, 0.3) is 21.7 Å². The molecule has 0 spiro atoms. The maximum absolute atomic E-state index is 14.3. The molecule has 15 heteroatoms. The topological polar surface area (TPSA) is 256 Å². The van der Waals surface area contributed by atoms with Gasteiger partial charge in [-0.1, -0.05) is 91.0 Å². The standard InChI is InChI=1S/C45H55N9O6/c1-27(47)41(56)52-38(24-30-19-20-31-14-6-7-15-32(31)22-30)43(58)50-28(2)42(57)53-39(25-33-26-49-35-17-9-8-16-34(33)35)45(60)54-37(23-29-12-4-3-5-13-29)44(59)51-36(40(48)55)18-10-11-21-46/h3-9,12-17,19-20,22,26-28,36-39,49H,10-11,18,21,23-25,46-47H2,1-2H3,(H2,48,55)(H,50,58)(H,51,59)(H,52,56)(H,53,57)(H,54,60)/t27-,28-,36+,37-,38?,39+/m1/s1. The van der Waals surface area contributed by atoms with Crippen LogP contribution in [0.15, 0.2) is 103 Å². The molecule has 6 amide bonds. The van der Waals surface area contributed by atoms with Crippen LogP contribution >= 0.6 is 0 Å². The molecule has 0 fully saturated rings. The Morgan fingerprint density at radius 2 is 1.15 bits per heavy atom. The van der Waals surface area contributed by atoms with Gasteiger partial charge in [-0.2, -0.15) is 0 Å². The summed E-state index contributed by atoms with van der Waals surface area (Å²) in [4.78, 5) is 84.2. The van der Waals surface area contributed by atoms with Crippen LogP contribution in [0.1, 0.15) is 49.8 Å². The van der Waals surface area contributed by atoms with Crippen LogP contribution in [0, 0.1) is 0 Å². The van der Waals surface area contributed by atoms with Crippen molar-refractivity contribution >= 4 is 57.1 Å². The van der Waals surface area contributed by atoms with E-state index in [1.807, 2.05) is 72.8 Å². The summed E-state index contributed by atoms with van der Waals surface area (Å²) in [6.45, 7) is 3.38. The molecular formula is C45H55N9O6. The fourth-order valence-corrected chi connectivity index (χ4v) is 6.90. The summed E-state index contributed by atoms with van der Waals surface area (Å²) in [5.41, 5.74) is 20.2. The van der Waals surface area contributed by atoms with Gasteiger partial charge in [-0.05, 0) is 73.2 Å². The van der Waals surface area contributed by atoms with Gasteiger partial charge in [0, 0.05) is 36.4 Å². The second kappa shape index (κ2) is 21.4. The first kappa shape index (κ1) is 44.5. The Morgan fingerprint density at radius 1 is 0.583 bits per heavy atom. The summed E-state index contributed by atoms with van der Waals surface area (Å²) in [7, 11) is 0. The molecule has 1 unspecified atom stereocenters. The Balaban J connectivity index is 1.37. The van der Waals surface area contributed by atoms with Crippen molar-refractivity contribution in [2.75, 3.05) is 6.54 Å². The molecule has 0 aliphatic carbocycles. The lowest BCUT2D eigenvalue weighted by atomic mass is 10.0. The minimum absolute atomic E-state index is 0.0139. The van der Waals surface area contributed by atoms with Crippen molar-refractivity contribution in [2.45, 2.75) is 88.6 Å². The minimum atomic E-state index is -1.23. The maximum atomic E-state index is 14.3. The number of H-pyrrole nitrogens is 1. The highest BCUT2D eigenvalue weighted by Crippen LogP contribution is 2.20. The Kier molecular flexibility index (Phi) is 15.9. The van der Waals surface area contributed by atoms with Crippen LogP contribution in [0.4, 0.5) is 0 Å². The fraction of sp³-hybridized carbons (Fsp3) is 0.333. The molecule has 5 aromatic rings. The second-order valence-corrected chi connectivity index (χ2v) is 15.1. The molecule has 5 rings (SSSR count). The number of amides is 6.